The van der Waals surface area contributed by atoms with Crippen LogP contribution in [0.5, 0.6) is 0 Å². The van der Waals surface area contributed by atoms with Gasteiger partial charge in [-0.05, 0) is 23.1 Å². The monoisotopic (exact) mass is 359 g/mol. The summed E-state index contributed by atoms with van der Waals surface area (Å²) in [6.45, 7) is 4.95. The Bertz CT molecular complexity index is 814. The van der Waals surface area contributed by atoms with Crippen molar-refractivity contribution in [2.24, 2.45) is 5.73 Å². The Kier molecular flexibility index (Phi) is 4.53. The lowest BCUT2D eigenvalue weighted by Crippen LogP contribution is -2.46. The second-order valence-corrected chi connectivity index (χ2v) is 7.92. The van der Waals surface area contributed by atoms with Crippen LogP contribution in [0.1, 0.15) is 45.1 Å². The molecule has 4 N–H and O–H groups in total. The normalized spacial score (nSPS) is 15.6. The van der Waals surface area contributed by atoms with Crippen LogP contribution in [0.4, 0.5) is 4.79 Å². The standard InChI is InChI=1S/C18H21N3O3S/c1-18(2)10-21(17(19)23)9-13-12(8-11-6-4-3-5-7-11)14(16(22)20-24)25-15(13)18/h3-7,24H,8-10H2,1-2H3,(H2,19,23)(H,20,22). The molecule has 1 aliphatic heterocycles. The lowest BCUT2D eigenvalue weighted by atomic mass is 9.83. The maximum absolute atomic E-state index is 12.2. The van der Waals surface area contributed by atoms with Gasteiger partial charge in [0.2, 0.25) is 0 Å². The van der Waals surface area contributed by atoms with E-state index in [4.69, 9.17) is 10.9 Å². The van der Waals surface area contributed by atoms with Gasteiger partial charge in [-0.25, -0.2) is 10.3 Å². The average molecular weight is 359 g/mol. The third-order valence-corrected chi connectivity index (χ3v) is 6.15. The van der Waals surface area contributed by atoms with Crippen molar-refractivity contribution >= 4 is 23.3 Å². The van der Waals surface area contributed by atoms with E-state index in [-0.39, 0.29) is 5.41 Å². The first-order valence-corrected chi connectivity index (χ1v) is 8.83. The number of nitrogens with two attached hydrogens (primary N) is 1. The van der Waals surface area contributed by atoms with Crippen molar-refractivity contribution in [2.45, 2.75) is 32.2 Å². The molecule has 1 aromatic heterocycles. The SMILES string of the molecule is CC1(C)CN(C(N)=O)Cc2c1sc(C(=O)NO)c2Cc1ccccc1. The van der Waals surface area contributed by atoms with Crippen LogP contribution in [-0.4, -0.2) is 28.6 Å². The predicted octanol–water partition coefficient (Wildman–Crippen LogP) is 2.63. The molecule has 132 valence electrons. The summed E-state index contributed by atoms with van der Waals surface area (Å²) >= 11 is 1.38. The zero-order valence-corrected chi connectivity index (χ0v) is 15.0. The van der Waals surface area contributed by atoms with Gasteiger partial charge in [0.1, 0.15) is 0 Å². The average Bonchev–Trinajstić information content (AvgIpc) is 2.94. The quantitative estimate of drug-likeness (QED) is 0.581. The Labute approximate surface area is 150 Å². The summed E-state index contributed by atoms with van der Waals surface area (Å²) in [5.41, 5.74) is 9.81. The van der Waals surface area contributed by atoms with E-state index in [1.165, 1.54) is 11.3 Å². The maximum atomic E-state index is 12.2. The Morgan fingerprint density at radius 1 is 1.32 bits per heavy atom. The number of carbonyl (C=O) groups is 2. The number of hydrogen-bond acceptors (Lipinski definition) is 4. The van der Waals surface area contributed by atoms with E-state index in [1.54, 1.807) is 10.4 Å². The lowest BCUT2D eigenvalue weighted by molar-refractivity contribution is 0.0710. The zero-order chi connectivity index (χ0) is 18.2. The minimum absolute atomic E-state index is 0.313. The highest BCUT2D eigenvalue weighted by Gasteiger charge is 2.38. The Balaban J connectivity index is 2.13. The number of urea groups is 1. The van der Waals surface area contributed by atoms with E-state index in [0.29, 0.717) is 24.4 Å². The van der Waals surface area contributed by atoms with Crippen molar-refractivity contribution in [1.29, 1.82) is 0 Å². The van der Waals surface area contributed by atoms with Crippen LogP contribution in [0.25, 0.3) is 0 Å². The van der Waals surface area contributed by atoms with E-state index >= 15 is 0 Å². The van der Waals surface area contributed by atoms with Crippen LogP contribution in [0.2, 0.25) is 0 Å². The minimum Gasteiger partial charge on any atom is -0.351 e. The molecule has 1 aliphatic rings. The molecule has 0 saturated carbocycles. The minimum atomic E-state index is -0.522. The number of hydroxylamine groups is 1. The van der Waals surface area contributed by atoms with Gasteiger partial charge in [-0.3, -0.25) is 10.0 Å². The number of thiophene rings is 1. The number of nitrogens with zero attached hydrogens (tertiary/aromatic N) is 1. The highest BCUT2D eigenvalue weighted by molar-refractivity contribution is 7.14. The fourth-order valence-corrected chi connectivity index (χ4v) is 4.70. The second kappa shape index (κ2) is 6.50. The van der Waals surface area contributed by atoms with Crippen molar-refractivity contribution < 1.29 is 14.8 Å². The van der Waals surface area contributed by atoms with E-state index in [9.17, 15) is 9.59 Å². The largest absolute Gasteiger partial charge is 0.351 e. The number of rotatable bonds is 3. The second-order valence-electron chi connectivity index (χ2n) is 6.90. The molecule has 25 heavy (non-hydrogen) atoms. The number of hydrogen-bond donors (Lipinski definition) is 3. The van der Waals surface area contributed by atoms with Crippen LogP contribution in [-0.2, 0) is 18.4 Å². The van der Waals surface area contributed by atoms with Gasteiger partial charge in [-0.1, -0.05) is 44.2 Å². The first kappa shape index (κ1) is 17.4. The zero-order valence-electron chi connectivity index (χ0n) is 14.2. The molecule has 7 heteroatoms. The van der Waals surface area contributed by atoms with Crippen molar-refractivity contribution in [2.75, 3.05) is 6.54 Å². The molecule has 3 rings (SSSR count). The summed E-state index contributed by atoms with van der Waals surface area (Å²) in [6, 6.07) is 9.34. The van der Waals surface area contributed by atoms with Crippen molar-refractivity contribution in [3.8, 4) is 0 Å². The Hall–Kier alpha value is -2.38. The van der Waals surface area contributed by atoms with Crippen molar-refractivity contribution in [1.82, 2.24) is 10.4 Å². The summed E-state index contributed by atoms with van der Waals surface area (Å²) in [5.74, 6) is -0.522. The Morgan fingerprint density at radius 2 is 2.00 bits per heavy atom. The lowest BCUT2D eigenvalue weighted by Gasteiger charge is -2.37. The van der Waals surface area contributed by atoms with Gasteiger partial charge in [0.15, 0.2) is 0 Å². The molecule has 2 heterocycles. The number of benzene rings is 1. The molecule has 0 radical (unpaired) electrons. The van der Waals surface area contributed by atoms with Crippen LogP contribution in [0.15, 0.2) is 30.3 Å². The summed E-state index contributed by atoms with van der Waals surface area (Å²) in [6.07, 6.45) is 0.554. The molecular formula is C18H21N3O3S. The predicted molar refractivity (Wildman–Crippen MR) is 95.8 cm³/mol. The summed E-state index contributed by atoms with van der Waals surface area (Å²) in [7, 11) is 0. The fraction of sp³-hybridized carbons (Fsp3) is 0.333. The van der Waals surface area contributed by atoms with Gasteiger partial charge in [0.25, 0.3) is 5.91 Å². The van der Waals surface area contributed by atoms with Gasteiger partial charge in [0.05, 0.1) is 4.88 Å². The first-order valence-electron chi connectivity index (χ1n) is 8.01. The highest BCUT2D eigenvalue weighted by Crippen LogP contribution is 2.42. The molecule has 0 saturated heterocycles. The highest BCUT2D eigenvalue weighted by atomic mass is 32.1. The molecular weight excluding hydrogens is 338 g/mol. The molecule has 0 unspecified atom stereocenters. The van der Waals surface area contributed by atoms with Crippen LogP contribution >= 0.6 is 11.3 Å². The van der Waals surface area contributed by atoms with Crippen molar-refractivity contribution in [3.05, 3.63) is 56.8 Å². The molecule has 3 amide bonds. The first-order chi connectivity index (χ1) is 11.8. The maximum Gasteiger partial charge on any atom is 0.315 e. The smallest absolute Gasteiger partial charge is 0.315 e. The molecule has 0 bridgehead atoms. The molecule has 1 aromatic carbocycles. The van der Waals surface area contributed by atoms with E-state index in [1.807, 2.05) is 44.2 Å². The third-order valence-electron chi connectivity index (χ3n) is 4.51. The Morgan fingerprint density at radius 3 is 2.60 bits per heavy atom. The molecule has 0 aliphatic carbocycles. The van der Waals surface area contributed by atoms with E-state index in [0.717, 1.165) is 21.6 Å². The van der Waals surface area contributed by atoms with E-state index < -0.39 is 11.9 Å². The molecule has 6 nitrogen and oxygen atoms in total. The number of primary amides is 1. The van der Waals surface area contributed by atoms with Gasteiger partial charge < -0.3 is 10.6 Å². The van der Waals surface area contributed by atoms with Gasteiger partial charge in [0, 0.05) is 23.4 Å². The topological polar surface area (TPSA) is 95.7 Å². The number of amides is 3. The fourth-order valence-electron chi connectivity index (χ4n) is 3.39. The van der Waals surface area contributed by atoms with Crippen molar-refractivity contribution in [3.63, 3.8) is 0 Å². The summed E-state index contributed by atoms with van der Waals surface area (Å²) < 4.78 is 0. The molecule has 0 spiro atoms. The molecule has 2 aromatic rings. The molecule has 0 fully saturated rings. The van der Waals surface area contributed by atoms with Gasteiger partial charge in [-0.2, -0.15) is 0 Å². The molecule has 0 atom stereocenters. The summed E-state index contributed by atoms with van der Waals surface area (Å²) in [5, 5.41) is 9.13. The third kappa shape index (κ3) is 3.25. The number of fused-ring (bicyclic) bond motifs is 1. The van der Waals surface area contributed by atoms with Crippen LogP contribution in [0.3, 0.4) is 0 Å². The van der Waals surface area contributed by atoms with Crippen LogP contribution < -0.4 is 11.2 Å². The summed E-state index contributed by atoms with van der Waals surface area (Å²) in [4.78, 5) is 27.1. The number of carbonyl (C=O) groups excluding carboxylic acids is 2. The van der Waals surface area contributed by atoms with Gasteiger partial charge in [-0.15, -0.1) is 11.3 Å². The number of nitrogens with one attached hydrogen (secondary N) is 1. The van der Waals surface area contributed by atoms with Crippen LogP contribution in [0, 0.1) is 0 Å². The van der Waals surface area contributed by atoms with E-state index in [2.05, 4.69) is 0 Å². The van der Waals surface area contributed by atoms with Gasteiger partial charge >= 0.3 is 6.03 Å².